The summed E-state index contributed by atoms with van der Waals surface area (Å²) in [6.45, 7) is 0.981. The number of thioether (sulfide) groups is 1. The van der Waals surface area contributed by atoms with Gasteiger partial charge in [-0.05, 0) is 36.1 Å². The average Bonchev–Trinajstić information content (AvgIpc) is 2.64. The second-order valence-corrected chi connectivity index (χ2v) is 7.72. The molecule has 0 bridgehead atoms. The van der Waals surface area contributed by atoms with E-state index in [1.54, 1.807) is 41.9 Å². The third-order valence-corrected chi connectivity index (χ3v) is 5.14. The van der Waals surface area contributed by atoms with E-state index in [4.69, 9.17) is 11.6 Å². The summed E-state index contributed by atoms with van der Waals surface area (Å²) in [7, 11) is 3.60. The molecule has 0 aromatic heterocycles. The number of nitrogens with zero attached hydrogens (tertiary/aromatic N) is 1. The van der Waals surface area contributed by atoms with Crippen molar-refractivity contribution in [3.63, 3.8) is 0 Å². The molecule has 0 saturated heterocycles. The summed E-state index contributed by atoms with van der Waals surface area (Å²) in [5.41, 5.74) is 1.66. The molecule has 1 unspecified atom stereocenters. The highest BCUT2D eigenvalue weighted by atomic mass is 35.5. The minimum Gasteiger partial charge on any atom is -0.337 e. The predicted octanol–water partition coefficient (Wildman–Crippen LogP) is 2.17. The minimum atomic E-state index is -0.177. The van der Waals surface area contributed by atoms with Crippen LogP contribution in [0.25, 0.3) is 0 Å². The first-order valence-electron chi connectivity index (χ1n) is 8.61. The molecule has 0 radical (unpaired) electrons. The van der Waals surface area contributed by atoms with Crippen molar-refractivity contribution in [1.29, 1.82) is 0 Å². The SMILES string of the molecule is CSc1ccc(CN(C)C(=O)C[NH+](C)CC(=O)Nc2ccccc2Cl)cc1. The lowest BCUT2D eigenvalue weighted by Gasteiger charge is -2.20. The van der Waals surface area contributed by atoms with E-state index in [1.807, 2.05) is 31.5 Å². The molecule has 0 aliphatic heterocycles. The number of carbonyl (C=O) groups is 2. The number of carbonyl (C=O) groups excluding carboxylic acids is 2. The van der Waals surface area contributed by atoms with Gasteiger partial charge in [0.25, 0.3) is 11.8 Å². The van der Waals surface area contributed by atoms with Gasteiger partial charge in [-0.3, -0.25) is 9.59 Å². The molecule has 0 aliphatic carbocycles. The van der Waals surface area contributed by atoms with Crippen molar-refractivity contribution >= 4 is 40.9 Å². The molecule has 2 aromatic carbocycles. The number of likely N-dealkylation sites (N-methyl/N-ethyl adjacent to an activating group) is 2. The van der Waals surface area contributed by atoms with Crippen molar-refractivity contribution in [2.24, 2.45) is 0 Å². The fourth-order valence-electron chi connectivity index (χ4n) is 2.58. The lowest BCUT2D eigenvalue weighted by atomic mass is 10.2. The van der Waals surface area contributed by atoms with E-state index in [-0.39, 0.29) is 24.9 Å². The van der Waals surface area contributed by atoms with Gasteiger partial charge in [0.05, 0.1) is 17.8 Å². The van der Waals surface area contributed by atoms with Gasteiger partial charge in [-0.15, -0.1) is 11.8 Å². The zero-order chi connectivity index (χ0) is 19.8. The van der Waals surface area contributed by atoms with E-state index in [0.29, 0.717) is 17.3 Å². The molecule has 27 heavy (non-hydrogen) atoms. The summed E-state index contributed by atoms with van der Waals surface area (Å²) >= 11 is 7.73. The van der Waals surface area contributed by atoms with E-state index in [0.717, 1.165) is 10.5 Å². The second-order valence-electron chi connectivity index (χ2n) is 6.44. The maximum absolute atomic E-state index is 12.4. The Kier molecular flexibility index (Phi) is 8.16. The van der Waals surface area contributed by atoms with Crippen LogP contribution in [0.1, 0.15) is 5.56 Å². The van der Waals surface area contributed by atoms with Gasteiger partial charge < -0.3 is 15.1 Å². The molecule has 144 valence electrons. The van der Waals surface area contributed by atoms with Crippen LogP contribution in [-0.2, 0) is 16.1 Å². The molecule has 1 atom stereocenters. The van der Waals surface area contributed by atoms with Gasteiger partial charge in [-0.2, -0.15) is 0 Å². The Hall–Kier alpha value is -2.02. The zero-order valence-corrected chi connectivity index (χ0v) is 17.4. The molecule has 7 heteroatoms. The normalized spacial score (nSPS) is 11.7. The number of benzene rings is 2. The van der Waals surface area contributed by atoms with E-state index in [9.17, 15) is 9.59 Å². The molecular formula is C20H25ClN3O2S+. The number of amides is 2. The van der Waals surface area contributed by atoms with Crippen molar-refractivity contribution < 1.29 is 14.5 Å². The first-order valence-corrected chi connectivity index (χ1v) is 10.2. The fourth-order valence-corrected chi connectivity index (χ4v) is 3.17. The van der Waals surface area contributed by atoms with E-state index in [1.165, 1.54) is 4.90 Å². The maximum Gasteiger partial charge on any atom is 0.279 e. The van der Waals surface area contributed by atoms with Crippen LogP contribution in [0.15, 0.2) is 53.4 Å². The van der Waals surface area contributed by atoms with Crippen molar-refractivity contribution in [1.82, 2.24) is 4.90 Å². The number of hydrogen-bond donors (Lipinski definition) is 2. The maximum atomic E-state index is 12.4. The monoisotopic (exact) mass is 406 g/mol. The van der Waals surface area contributed by atoms with Gasteiger partial charge in [0.15, 0.2) is 13.1 Å². The lowest BCUT2D eigenvalue weighted by molar-refractivity contribution is -0.862. The number of hydrogen-bond acceptors (Lipinski definition) is 3. The number of quaternary nitrogens is 1. The zero-order valence-electron chi connectivity index (χ0n) is 15.8. The first-order chi connectivity index (χ1) is 12.9. The molecule has 2 rings (SSSR count). The summed E-state index contributed by atoms with van der Waals surface area (Å²) in [6.07, 6.45) is 2.03. The summed E-state index contributed by atoms with van der Waals surface area (Å²) in [5, 5.41) is 3.27. The van der Waals surface area contributed by atoms with Crippen LogP contribution in [-0.4, -0.2) is 50.2 Å². The Balaban J connectivity index is 1.81. The standard InChI is InChI=1S/C20H24ClN3O2S/c1-23(13-19(25)22-18-7-5-4-6-17(18)21)14-20(26)24(2)12-15-8-10-16(27-3)11-9-15/h4-11H,12-14H2,1-3H3,(H,22,25)/p+1. The largest absolute Gasteiger partial charge is 0.337 e. The Labute approximate surface area is 169 Å². The molecule has 2 amide bonds. The predicted molar refractivity (Wildman–Crippen MR) is 111 cm³/mol. The summed E-state index contributed by atoms with van der Waals surface area (Å²) < 4.78 is 0. The Morgan fingerprint density at radius 3 is 2.41 bits per heavy atom. The molecule has 0 heterocycles. The van der Waals surface area contributed by atoms with Crippen LogP contribution < -0.4 is 10.2 Å². The Morgan fingerprint density at radius 2 is 1.78 bits per heavy atom. The van der Waals surface area contributed by atoms with Crippen LogP contribution in [0, 0.1) is 0 Å². The summed E-state index contributed by atoms with van der Waals surface area (Å²) in [5.74, 6) is -0.185. The average molecular weight is 407 g/mol. The van der Waals surface area contributed by atoms with Gasteiger partial charge in [0.2, 0.25) is 0 Å². The Bertz CT molecular complexity index is 783. The van der Waals surface area contributed by atoms with Crippen LogP contribution in [0.3, 0.4) is 0 Å². The molecule has 0 saturated carbocycles. The number of nitrogens with one attached hydrogen (secondary N) is 2. The van der Waals surface area contributed by atoms with Crippen molar-refractivity contribution in [3.8, 4) is 0 Å². The van der Waals surface area contributed by atoms with Crippen LogP contribution in [0.2, 0.25) is 5.02 Å². The van der Waals surface area contributed by atoms with Crippen molar-refractivity contribution in [3.05, 3.63) is 59.1 Å². The Morgan fingerprint density at radius 1 is 1.11 bits per heavy atom. The van der Waals surface area contributed by atoms with Gasteiger partial charge in [0.1, 0.15) is 0 Å². The number of halogens is 1. The molecule has 2 aromatic rings. The lowest BCUT2D eigenvalue weighted by Crippen LogP contribution is -3.11. The van der Waals surface area contributed by atoms with Crippen molar-refractivity contribution in [2.75, 3.05) is 38.8 Å². The highest BCUT2D eigenvalue weighted by Crippen LogP contribution is 2.20. The third kappa shape index (κ3) is 6.90. The smallest absolute Gasteiger partial charge is 0.279 e. The van der Waals surface area contributed by atoms with E-state index in [2.05, 4.69) is 17.4 Å². The van der Waals surface area contributed by atoms with Gasteiger partial charge in [0, 0.05) is 18.5 Å². The highest BCUT2D eigenvalue weighted by Gasteiger charge is 2.18. The quantitative estimate of drug-likeness (QED) is 0.660. The highest BCUT2D eigenvalue weighted by molar-refractivity contribution is 7.98. The van der Waals surface area contributed by atoms with Crippen LogP contribution in [0.4, 0.5) is 5.69 Å². The molecule has 0 fully saturated rings. The van der Waals surface area contributed by atoms with Crippen LogP contribution in [0.5, 0.6) is 0 Å². The molecule has 0 spiro atoms. The second kappa shape index (κ2) is 10.3. The van der Waals surface area contributed by atoms with Gasteiger partial charge >= 0.3 is 0 Å². The summed E-state index contributed by atoms with van der Waals surface area (Å²) in [4.78, 5) is 28.3. The van der Waals surface area contributed by atoms with E-state index < -0.39 is 0 Å². The molecule has 5 nitrogen and oxygen atoms in total. The van der Waals surface area contributed by atoms with Crippen molar-refractivity contribution in [2.45, 2.75) is 11.4 Å². The third-order valence-electron chi connectivity index (χ3n) is 4.07. The van der Waals surface area contributed by atoms with Gasteiger partial charge in [-0.1, -0.05) is 35.9 Å². The number of rotatable bonds is 8. The molecular weight excluding hydrogens is 382 g/mol. The fraction of sp³-hybridized carbons (Fsp3) is 0.300. The van der Waals surface area contributed by atoms with Crippen LogP contribution >= 0.6 is 23.4 Å². The molecule has 0 aliphatic rings. The first kappa shape index (κ1) is 21.3. The number of para-hydroxylation sites is 1. The minimum absolute atomic E-state index is 0.00742. The van der Waals surface area contributed by atoms with Gasteiger partial charge in [-0.25, -0.2) is 0 Å². The molecule has 2 N–H and O–H groups in total. The number of anilines is 1. The summed E-state index contributed by atoms with van der Waals surface area (Å²) in [6, 6.07) is 15.2. The topological polar surface area (TPSA) is 53.9 Å². The van der Waals surface area contributed by atoms with E-state index >= 15 is 0 Å².